The average molecular weight is 270 g/mol. The normalized spacial score (nSPS) is 11.0. The van der Waals surface area contributed by atoms with Crippen molar-refractivity contribution in [2.75, 3.05) is 0 Å². The van der Waals surface area contributed by atoms with Gasteiger partial charge in [0.15, 0.2) is 0 Å². The van der Waals surface area contributed by atoms with Gasteiger partial charge in [-0.2, -0.15) is 0 Å². The van der Waals surface area contributed by atoms with Crippen molar-refractivity contribution < 1.29 is 42.5 Å². The molecule has 3 nitrogen and oxygen atoms in total. The van der Waals surface area contributed by atoms with Crippen LogP contribution < -0.4 is 29.6 Å². The van der Waals surface area contributed by atoms with Crippen molar-refractivity contribution >= 4 is 10.1 Å². The molecule has 0 saturated carbocycles. The van der Waals surface area contributed by atoms with Gasteiger partial charge >= 0.3 is 29.6 Å². The van der Waals surface area contributed by atoms with Gasteiger partial charge in [0.1, 0.15) is 10.1 Å². The molecule has 5 heteroatoms. The number of rotatable bonds is 3. The van der Waals surface area contributed by atoms with Gasteiger partial charge < -0.3 is 4.55 Å². The van der Waals surface area contributed by atoms with Gasteiger partial charge in [-0.25, -0.2) is 8.42 Å². The average Bonchev–Trinajstić information content (AvgIpc) is 2.30. The predicted molar refractivity (Wildman–Crippen MR) is 64.4 cm³/mol. The summed E-state index contributed by atoms with van der Waals surface area (Å²) in [4.78, 5) is 0. The molecule has 88 valence electrons. The van der Waals surface area contributed by atoms with Crippen molar-refractivity contribution in [3.05, 3.63) is 71.8 Å². The van der Waals surface area contributed by atoms with E-state index in [1.54, 1.807) is 60.7 Å². The Balaban J connectivity index is 0.00000162. The van der Waals surface area contributed by atoms with E-state index < -0.39 is 15.4 Å². The predicted octanol–water partition coefficient (Wildman–Crippen LogP) is -0.675. The van der Waals surface area contributed by atoms with Crippen molar-refractivity contribution in [2.24, 2.45) is 0 Å². The van der Waals surface area contributed by atoms with E-state index in [1.807, 2.05) is 0 Å². The van der Waals surface area contributed by atoms with E-state index in [-0.39, 0.29) is 29.6 Å². The molecule has 0 radical (unpaired) electrons. The van der Waals surface area contributed by atoms with E-state index in [2.05, 4.69) is 0 Å². The molecular formula is C13H11NaO3S. The van der Waals surface area contributed by atoms with Gasteiger partial charge in [0.25, 0.3) is 0 Å². The van der Waals surface area contributed by atoms with E-state index in [4.69, 9.17) is 0 Å². The minimum atomic E-state index is -4.42. The Morgan fingerprint density at radius 2 is 1.11 bits per heavy atom. The molecule has 0 N–H and O–H groups in total. The number of hydrogen-bond acceptors (Lipinski definition) is 3. The van der Waals surface area contributed by atoms with E-state index >= 15 is 0 Å². The molecule has 0 aliphatic rings. The van der Waals surface area contributed by atoms with Crippen LogP contribution in [0.4, 0.5) is 0 Å². The van der Waals surface area contributed by atoms with Crippen LogP contribution in [0.2, 0.25) is 0 Å². The Kier molecular flexibility index (Phi) is 5.56. The second-order valence-corrected chi connectivity index (χ2v) is 5.15. The Hall–Kier alpha value is -0.650. The van der Waals surface area contributed by atoms with Gasteiger partial charge in [0.2, 0.25) is 0 Å². The number of benzene rings is 2. The summed E-state index contributed by atoms with van der Waals surface area (Å²) >= 11 is 0. The first-order valence-electron chi connectivity index (χ1n) is 5.13. The SMILES string of the molecule is O=S(=O)([O-])C(c1ccccc1)c1ccccc1.[Na+]. The monoisotopic (exact) mass is 270 g/mol. The van der Waals surface area contributed by atoms with Crippen LogP contribution in [-0.2, 0) is 10.1 Å². The summed E-state index contributed by atoms with van der Waals surface area (Å²) in [5.41, 5.74) is 0.988. The molecule has 0 spiro atoms. The third kappa shape index (κ3) is 3.67. The quantitative estimate of drug-likeness (QED) is 0.549. The zero-order valence-electron chi connectivity index (χ0n) is 9.98. The second-order valence-electron chi connectivity index (χ2n) is 3.69. The zero-order valence-corrected chi connectivity index (χ0v) is 12.8. The molecule has 0 bridgehead atoms. The minimum absolute atomic E-state index is 0. The molecule has 0 heterocycles. The van der Waals surface area contributed by atoms with Gasteiger partial charge in [-0.15, -0.1) is 0 Å². The van der Waals surface area contributed by atoms with Gasteiger partial charge in [-0.1, -0.05) is 60.7 Å². The van der Waals surface area contributed by atoms with Crippen LogP contribution in [0.15, 0.2) is 60.7 Å². The fourth-order valence-corrected chi connectivity index (χ4v) is 2.76. The largest absolute Gasteiger partial charge is 1.00 e. The zero-order chi connectivity index (χ0) is 12.3. The van der Waals surface area contributed by atoms with Crippen LogP contribution >= 0.6 is 0 Å². The molecule has 0 saturated heterocycles. The van der Waals surface area contributed by atoms with Crippen molar-refractivity contribution in [1.29, 1.82) is 0 Å². The van der Waals surface area contributed by atoms with Crippen LogP contribution in [0.5, 0.6) is 0 Å². The maximum absolute atomic E-state index is 11.4. The third-order valence-corrected chi connectivity index (χ3v) is 3.62. The first-order chi connectivity index (χ1) is 8.09. The Labute approximate surface area is 129 Å². The molecule has 18 heavy (non-hydrogen) atoms. The van der Waals surface area contributed by atoms with Crippen molar-refractivity contribution in [3.63, 3.8) is 0 Å². The molecule has 0 atom stereocenters. The maximum Gasteiger partial charge on any atom is 1.00 e. The fraction of sp³-hybridized carbons (Fsp3) is 0.0769. The molecule has 2 aromatic carbocycles. The standard InChI is InChI=1S/C13H12O3S.Na/c14-17(15,16)13(11-7-3-1-4-8-11)12-9-5-2-6-10-12;/h1-10,13H,(H,14,15,16);/q;+1/p-1. The Morgan fingerprint density at radius 3 is 1.39 bits per heavy atom. The van der Waals surface area contributed by atoms with Crippen LogP contribution in [-0.4, -0.2) is 13.0 Å². The van der Waals surface area contributed by atoms with Crippen molar-refractivity contribution in [2.45, 2.75) is 5.25 Å². The van der Waals surface area contributed by atoms with Crippen molar-refractivity contribution in [3.8, 4) is 0 Å². The second kappa shape index (κ2) is 6.50. The molecule has 0 fully saturated rings. The molecule has 0 aliphatic carbocycles. The molecule has 0 amide bonds. The summed E-state index contributed by atoms with van der Waals surface area (Å²) in [5.74, 6) is 0. The smallest absolute Gasteiger partial charge is 0.747 e. The molecule has 2 aromatic rings. The summed E-state index contributed by atoms with van der Waals surface area (Å²) in [7, 11) is -4.42. The molecular weight excluding hydrogens is 259 g/mol. The van der Waals surface area contributed by atoms with Gasteiger partial charge in [-0.05, 0) is 11.1 Å². The fourth-order valence-electron chi connectivity index (χ4n) is 1.78. The summed E-state index contributed by atoms with van der Waals surface area (Å²) in [6, 6.07) is 17.0. The van der Waals surface area contributed by atoms with Crippen LogP contribution in [0.3, 0.4) is 0 Å². The third-order valence-electron chi connectivity index (χ3n) is 2.49. The maximum atomic E-state index is 11.4. The number of hydrogen-bond donors (Lipinski definition) is 0. The van der Waals surface area contributed by atoms with Gasteiger partial charge in [0, 0.05) is 0 Å². The van der Waals surface area contributed by atoms with Crippen molar-refractivity contribution in [1.82, 2.24) is 0 Å². The summed E-state index contributed by atoms with van der Waals surface area (Å²) in [6.07, 6.45) is 0. The van der Waals surface area contributed by atoms with Gasteiger partial charge in [-0.3, -0.25) is 0 Å². The molecule has 0 aromatic heterocycles. The molecule has 2 rings (SSSR count). The first kappa shape index (κ1) is 15.4. The van der Waals surface area contributed by atoms with E-state index in [1.165, 1.54) is 0 Å². The molecule has 0 unspecified atom stereocenters. The Bertz CT molecular complexity index is 543. The Morgan fingerprint density at radius 1 is 0.778 bits per heavy atom. The van der Waals surface area contributed by atoms with Crippen LogP contribution in [0.25, 0.3) is 0 Å². The van der Waals surface area contributed by atoms with E-state index in [0.717, 1.165) is 0 Å². The summed E-state index contributed by atoms with van der Waals surface area (Å²) in [6.45, 7) is 0. The van der Waals surface area contributed by atoms with Crippen LogP contribution in [0, 0.1) is 0 Å². The van der Waals surface area contributed by atoms with E-state index in [0.29, 0.717) is 11.1 Å². The van der Waals surface area contributed by atoms with Gasteiger partial charge in [0.05, 0.1) is 5.25 Å². The summed E-state index contributed by atoms with van der Waals surface area (Å²) < 4.78 is 34.1. The minimum Gasteiger partial charge on any atom is -0.747 e. The topological polar surface area (TPSA) is 57.2 Å². The molecule has 0 aliphatic heterocycles. The first-order valence-corrected chi connectivity index (χ1v) is 6.61. The van der Waals surface area contributed by atoms with Crippen LogP contribution in [0.1, 0.15) is 16.4 Å². The van der Waals surface area contributed by atoms with E-state index in [9.17, 15) is 13.0 Å². The summed E-state index contributed by atoms with van der Waals surface area (Å²) in [5, 5.41) is -1.13.